The number of halogens is 3. The molecule has 0 rings (SSSR count). The zero-order valence-electron chi connectivity index (χ0n) is 9.10. The van der Waals surface area contributed by atoms with Crippen molar-refractivity contribution in [3.8, 4) is 0 Å². The molecule has 0 aromatic rings. The molecule has 0 heterocycles. The van der Waals surface area contributed by atoms with Gasteiger partial charge in [0.1, 0.15) is 0 Å². The van der Waals surface area contributed by atoms with Gasteiger partial charge in [0.2, 0.25) is 0 Å². The molecule has 0 aliphatic carbocycles. The van der Waals surface area contributed by atoms with Gasteiger partial charge in [-0.1, -0.05) is 6.92 Å². The average molecular weight is 227 g/mol. The Kier molecular flexibility index (Phi) is 5.64. The quantitative estimate of drug-likeness (QED) is 0.671. The Morgan fingerprint density at radius 3 is 2.33 bits per heavy atom. The molecule has 0 radical (unpaired) electrons. The maximum Gasteiger partial charge on any atom is 0.401 e. The second kappa shape index (κ2) is 5.95. The first-order chi connectivity index (χ1) is 6.80. The van der Waals surface area contributed by atoms with E-state index in [1.165, 1.54) is 12.0 Å². The summed E-state index contributed by atoms with van der Waals surface area (Å²) in [6.45, 7) is 2.45. The lowest BCUT2D eigenvalue weighted by Gasteiger charge is -2.27. The molecule has 0 bridgehead atoms. The van der Waals surface area contributed by atoms with E-state index in [2.05, 4.69) is 4.74 Å². The van der Waals surface area contributed by atoms with E-state index in [0.29, 0.717) is 0 Å². The summed E-state index contributed by atoms with van der Waals surface area (Å²) in [7, 11) is 1.22. The molecule has 0 aliphatic heterocycles. The van der Waals surface area contributed by atoms with Gasteiger partial charge in [0.25, 0.3) is 0 Å². The topological polar surface area (TPSA) is 29.5 Å². The Balaban J connectivity index is 4.22. The zero-order chi connectivity index (χ0) is 12.1. The molecule has 0 amide bonds. The van der Waals surface area contributed by atoms with Crippen molar-refractivity contribution in [1.29, 1.82) is 0 Å². The minimum absolute atomic E-state index is 0.0274. The van der Waals surface area contributed by atoms with E-state index in [9.17, 15) is 18.0 Å². The van der Waals surface area contributed by atoms with Crippen LogP contribution in [0, 0.1) is 0 Å². The maximum atomic E-state index is 12.1. The third-order valence-electron chi connectivity index (χ3n) is 2.10. The molecule has 0 N–H and O–H groups in total. The molecule has 1 atom stereocenters. The molecule has 90 valence electrons. The SMILES string of the molecule is CCN(CC(F)(F)F)C(C)CC(=O)OC. The number of esters is 1. The number of alkyl halides is 3. The van der Waals surface area contributed by atoms with Crippen LogP contribution in [0.25, 0.3) is 0 Å². The smallest absolute Gasteiger partial charge is 0.401 e. The van der Waals surface area contributed by atoms with Crippen LogP contribution in [0.5, 0.6) is 0 Å². The third kappa shape index (κ3) is 6.33. The molecule has 6 heteroatoms. The van der Waals surface area contributed by atoms with E-state index >= 15 is 0 Å². The number of rotatable bonds is 5. The fourth-order valence-electron chi connectivity index (χ4n) is 1.26. The molecule has 0 aromatic carbocycles. The van der Waals surface area contributed by atoms with Gasteiger partial charge in [-0.2, -0.15) is 13.2 Å². The van der Waals surface area contributed by atoms with Crippen molar-refractivity contribution in [2.45, 2.75) is 32.5 Å². The first kappa shape index (κ1) is 14.2. The number of nitrogens with zero attached hydrogens (tertiary/aromatic N) is 1. The zero-order valence-corrected chi connectivity index (χ0v) is 9.10. The number of carbonyl (C=O) groups is 1. The van der Waals surface area contributed by atoms with Gasteiger partial charge in [-0.05, 0) is 13.5 Å². The van der Waals surface area contributed by atoms with E-state index in [1.807, 2.05) is 0 Å². The molecule has 0 fully saturated rings. The summed E-state index contributed by atoms with van der Waals surface area (Å²) in [5, 5.41) is 0. The lowest BCUT2D eigenvalue weighted by molar-refractivity contribution is -0.155. The lowest BCUT2D eigenvalue weighted by atomic mass is 10.2. The van der Waals surface area contributed by atoms with Gasteiger partial charge in [-0.25, -0.2) is 0 Å². The van der Waals surface area contributed by atoms with Gasteiger partial charge in [0.15, 0.2) is 0 Å². The Labute approximate surface area is 87.2 Å². The highest BCUT2D eigenvalue weighted by molar-refractivity contribution is 5.69. The van der Waals surface area contributed by atoms with Gasteiger partial charge in [-0.3, -0.25) is 9.69 Å². The predicted octanol–water partition coefficient (Wildman–Crippen LogP) is 1.82. The minimum atomic E-state index is -4.24. The van der Waals surface area contributed by atoms with Crippen molar-refractivity contribution < 1.29 is 22.7 Å². The molecular formula is C9H16F3NO2. The predicted molar refractivity (Wildman–Crippen MR) is 49.4 cm³/mol. The van der Waals surface area contributed by atoms with Crippen molar-refractivity contribution in [2.24, 2.45) is 0 Å². The van der Waals surface area contributed by atoms with Crippen LogP contribution in [0.4, 0.5) is 13.2 Å². The summed E-state index contributed by atoms with van der Waals surface area (Å²) in [5.74, 6) is -0.497. The second-order valence-corrected chi connectivity index (χ2v) is 3.31. The Hall–Kier alpha value is -0.780. The fourth-order valence-corrected chi connectivity index (χ4v) is 1.26. The molecule has 0 saturated carbocycles. The monoisotopic (exact) mass is 227 g/mol. The standard InChI is InChI=1S/C9H16F3NO2/c1-4-13(6-9(10,11)12)7(2)5-8(14)15-3/h7H,4-6H2,1-3H3. The summed E-state index contributed by atoms with van der Waals surface area (Å²) in [5.41, 5.74) is 0. The lowest BCUT2D eigenvalue weighted by Crippen LogP contribution is -2.41. The molecule has 0 aliphatic rings. The number of ether oxygens (including phenoxy) is 1. The fraction of sp³-hybridized carbons (Fsp3) is 0.889. The first-order valence-corrected chi connectivity index (χ1v) is 4.67. The minimum Gasteiger partial charge on any atom is -0.469 e. The maximum absolute atomic E-state index is 12.1. The summed E-state index contributed by atoms with van der Waals surface area (Å²) >= 11 is 0. The van der Waals surface area contributed by atoms with Crippen LogP contribution in [-0.2, 0) is 9.53 Å². The van der Waals surface area contributed by atoms with Gasteiger partial charge < -0.3 is 4.74 Å². The Morgan fingerprint density at radius 2 is 2.00 bits per heavy atom. The molecular weight excluding hydrogens is 211 g/mol. The molecule has 3 nitrogen and oxygen atoms in total. The van der Waals surface area contributed by atoms with E-state index in [1.54, 1.807) is 13.8 Å². The van der Waals surface area contributed by atoms with Crippen molar-refractivity contribution in [3.63, 3.8) is 0 Å². The highest BCUT2D eigenvalue weighted by atomic mass is 19.4. The molecule has 1 unspecified atom stereocenters. The van der Waals surface area contributed by atoms with Gasteiger partial charge in [0, 0.05) is 6.04 Å². The van der Waals surface area contributed by atoms with Crippen LogP contribution >= 0.6 is 0 Å². The molecule has 15 heavy (non-hydrogen) atoms. The van der Waals surface area contributed by atoms with Crippen LogP contribution in [0.1, 0.15) is 20.3 Å². The Bertz CT molecular complexity index is 206. The molecule has 0 saturated heterocycles. The van der Waals surface area contributed by atoms with E-state index in [4.69, 9.17) is 0 Å². The highest BCUT2D eigenvalue weighted by Gasteiger charge is 2.32. The number of hydrogen-bond acceptors (Lipinski definition) is 3. The summed E-state index contributed by atoms with van der Waals surface area (Å²) in [6.07, 6.45) is -4.26. The normalized spacial score (nSPS) is 14.1. The number of carbonyl (C=O) groups excluding carboxylic acids is 1. The van der Waals surface area contributed by atoms with E-state index in [-0.39, 0.29) is 13.0 Å². The third-order valence-corrected chi connectivity index (χ3v) is 2.10. The van der Waals surface area contributed by atoms with Crippen LogP contribution < -0.4 is 0 Å². The summed E-state index contributed by atoms with van der Waals surface area (Å²) in [6, 6.07) is -0.468. The Morgan fingerprint density at radius 1 is 1.47 bits per heavy atom. The second-order valence-electron chi connectivity index (χ2n) is 3.31. The largest absolute Gasteiger partial charge is 0.469 e. The van der Waals surface area contributed by atoms with E-state index < -0.39 is 24.7 Å². The van der Waals surface area contributed by atoms with Crippen LogP contribution in [0.2, 0.25) is 0 Å². The van der Waals surface area contributed by atoms with Crippen molar-refractivity contribution in [1.82, 2.24) is 4.90 Å². The summed E-state index contributed by atoms with van der Waals surface area (Å²) in [4.78, 5) is 12.1. The van der Waals surface area contributed by atoms with Crippen molar-refractivity contribution >= 4 is 5.97 Å². The van der Waals surface area contributed by atoms with Crippen molar-refractivity contribution in [3.05, 3.63) is 0 Å². The van der Waals surface area contributed by atoms with Gasteiger partial charge in [0.05, 0.1) is 20.1 Å². The van der Waals surface area contributed by atoms with E-state index in [0.717, 1.165) is 0 Å². The highest BCUT2D eigenvalue weighted by Crippen LogP contribution is 2.18. The average Bonchev–Trinajstić information content (AvgIpc) is 2.12. The summed E-state index contributed by atoms with van der Waals surface area (Å²) < 4.78 is 40.7. The van der Waals surface area contributed by atoms with Crippen LogP contribution in [-0.4, -0.2) is 43.3 Å². The van der Waals surface area contributed by atoms with Crippen LogP contribution in [0.15, 0.2) is 0 Å². The van der Waals surface area contributed by atoms with Crippen molar-refractivity contribution in [2.75, 3.05) is 20.2 Å². The van der Waals surface area contributed by atoms with Gasteiger partial charge in [-0.15, -0.1) is 0 Å². The number of methoxy groups -OCH3 is 1. The van der Waals surface area contributed by atoms with Gasteiger partial charge >= 0.3 is 12.1 Å². The molecule has 0 aromatic heterocycles. The van der Waals surface area contributed by atoms with Crippen LogP contribution in [0.3, 0.4) is 0 Å². The molecule has 0 spiro atoms. The number of hydrogen-bond donors (Lipinski definition) is 0. The first-order valence-electron chi connectivity index (χ1n) is 4.67.